The number of benzene rings is 2. The molecule has 1 atom stereocenters. The van der Waals surface area contributed by atoms with Gasteiger partial charge in [0.1, 0.15) is 0 Å². The van der Waals surface area contributed by atoms with Crippen LogP contribution in [0.25, 0.3) is 0 Å². The Balaban J connectivity index is 1.90. The molecule has 0 amide bonds. The highest BCUT2D eigenvalue weighted by atomic mass is 35.5. The molecule has 2 N–H and O–H groups in total. The fourth-order valence-electron chi connectivity index (χ4n) is 4.73. The van der Waals surface area contributed by atoms with Crippen LogP contribution in [0.1, 0.15) is 69.6 Å². The van der Waals surface area contributed by atoms with Crippen molar-refractivity contribution in [3.05, 3.63) is 70.2 Å². The van der Waals surface area contributed by atoms with E-state index in [4.69, 9.17) is 16.0 Å². The van der Waals surface area contributed by atoms with Gasteiger partial charge in [0.2, 0.25) is 0 Å². The van der Waals surface area contributed by atoms with E-state index < -0.39 is 13.7 Å². The third kappa shape index (κ3) is 7.92. The Morgan fingerprint density at radius 3 is 1.97 bits per heavy atom. The van der Waals surface area contributed by atoms with Crippen LogP contribution in [-0.2, 0) is 22.7 Å². The largest absolute Gasteiger partial charge is 0.416 e. The van der Waals surface area contributed by atoms with Crippen molar-refractivity contribution < 1.29 is 14.6 Å². The minimum atomic E-state index is -1.74. The van der Waals surface area contributed by atoms with E-state index >= 15 is 0 Å². The summed E-state index contributed by atoms with van der Waals surface area (Å²) in [6, 6.07) is 16.5. The van der Waals surface area contributed by atoms with Crippen LogP contribution >= 0.6 is 11.6 Å². The van der Waals surface area contributed by atoms with Crippen molar-refractivity contribution in [3.8, 4) is 0 Å². The molecule has 0 aromatic heterocycles. The Kier molecular flexibility index (Phi) is 11.3. The summed E-state index contributed by atoms with van der Waals surface area (Å²) in [5, 5.41) is 20.8. The smallest absolute Gasteiger partial charge is 0.192 e. The molecule has 0 bridgehead atoms. The summed E-state index contributed by atoms with van der Waals surface area (Å²) in [5.74, 6) is 0. The van der Waals surface area contributed by atoms with Crippen molar-refractivity contribution >= 4 is 19.9 Å². The maximum absolute atomic E-state index is 10.2. The van der Waals surface area contributed by atoms with E-state index in [-0.39, 0.29) is 18.3 Å². The second-order valence-electron chi connectivity index (χ2n) is 10.8. The zero-order valence-corrected chi connectivity index (χ0v) is 23.6. The van der Waals surface area contributed by atoms with Gasteiger partial charge in [-0.25, -0.2) is 0 Å². The molecule has 0 aliphatic heterocycles. The van der Waals surface area contributed by atoms with E-state index in [1.807, 2.05) is 24.3 Å². The summed E-state index contributed by atoms with van der Waals surface area (Å²) in [6.45, 7) is 12.5. The Hall–Kier alpha value is -1.17. The predicted octanol–water partition coefficient (Wildman–Crippen LogP) is 7.32. The first-order valence-corrected chi connectivity index (χ1v) is 16.1. The second kappa shape index (κ2) is 13.2. The van der Waals surface area contributed by atoms with Crippen LogP contribution in [0.2, 0.25) is 23.2 Å². The number of hydrogen-bond donors (Lipinski definition) is 2. The minimum absolute atomic E-state index is 0.0167. The van der Waals surface area contributed by atoms with Gasteiger partial charge in [-0.05, 0) is 85.5 Å². The molecule has 3 nitrogen and oxygen atoms in total. The average Bonchev–Trinajstić information content (AvgIpc) is 2.80. The zero-order valence-electron chi connectivity index (χ0n) is 21.9. The highest BCUT2D eigenvalue weighted by Crippen LogP contribution is 2.42. The van der Waals surface area contributed by atoms with Crippen LogP contribution in [-0.4, -0.2) is 38.4 Å². The highest BCUT2D eigenvalue weighted by molar-refractivity contribution is 6.74. The third-order valence-electron chi connectivity index (χ3n) is 7.85. The van der Waals surface area contributed by atoms with Crippen molar-refractivity contribution in [1.29, 1.82) is 0 Å². The fraction of sp³-hybridized carbons (Fsp3) is 0.586. The van der Waals surface area contributed by atoms with Crippen LogP contribution in [0.4, 0.5) is 0 Å². The Labute approximate surface area is 213 Å². The zero-order chi connectivity index (χ0) is 25.2. The molecule has 34 heavy (non-hydrogen) atoms. The Bertz CT molecular complexity index is 849. The molecular formula is C29H45ClO3Si. The predicted molar refractivity (Wildman–Crippen MR) is 147 cm³/mol. The van der Waals surface area contributed by atoms with Gasteiger partial charge in [0.25, 0.3) is 0 Å². The summed E-state index contributed by atoms with van der Waals surface area (Å²) in [6.07, 6.45) is 6.61. The van der Waals surface area contributed by atoms with Gasteiger partial charge in [0.15, 0.2) is 8.32 Å². The van der Waals surface area contributed by atoms with Crippen LogP contribution in [0.3, 0.4) is 0 Å². The summed E-state index contributed by atoms with van der Waals surface area (Å²) in [4.78, 5) is 0. The summed E-state index contributed by atoms with van der Waals surface area (Å²) >= 11 is 6.05. The summed E-state index contributed by atoms with van der Waals surface area (Å²) in [7, 11) is -1.74. The summed E-state index contributed by atoms with van der Waals surface area (Å²) in [5.41, 5.74) is 3.22. The van der Waals surface area contributed by atoms with E-state index in [9.17, 15) is 10.2 Å². The Morgan fingerprint density at radius 1 is 0.853 bits per heavy atom. The number of aryl methyl sites for hydroxylation is 1. The molecule has 190 valence electrons. The SMILES string of the molecule is CCCC(C)(C)[Si](C)(C)OCCc1ccc(CCCC(CO)(CCO)c2ccc(Cl)cc2)cc1. The van der Waals surface area contributed by atoms with Crippen molar-refractivity contribution in [2.24, 2.45) is 0 Å². The molecule has 1 unspecified atom stereocenters. The van der Waals surface area contributed by atoms with Gasteiger partial charge in [0.05, 0.1) is 6.61 Å². The number of hydrogen-bond acceptors (Lipinski definition) is 3. The van der Waals surface area contributed by atoms with Gasteiger partial charge >= 0.3 is 0 Å². The maximum Gasteiger partial charge on any atom is 0.192 e. The van der Waals surface area contributed by atoms with E-state index in [1.165, 1.54) is 24.0 Å². The molecule has 0 saturated carbocycles. The molecule has 0 fully saturated rings. The van der Waals surface area contributed by atoms with Gasteiger partial charge in [-0.2, -0.15) is 0 Å². The van der Waals surface area contributed by atoms with Gasteiger partial charge in [-0.1, -0.05) is 75.2 Å². The molecule has 0 saturated heterocycles. The number of aliphatic hydroxyl groups is 2. The number of rotatable bonds is 15. The second-order valence-corrected chi connectivity index (χ2v) is 15.9. The third-order valence-corrected chi connectivity index (χ3v) is 12.5. The van der Waals surface area contributed by atoms with Crippen molar-refractivity contribution in [2.45, 2.75) is 89.3 Å². The van der Waals surface area contributed by atoms with Crippen molar-refractivity contribution in [1.82, 2.24) is 0 Å². The molecule has 2 aromatic carbocycles. The van der Waals surface area contributed by atoms with Gasteiger partial charge in [-0.15, -0.1) is 0 Å². The van der Waals surface area contributed by atoms with E-state index in [2.05, 4.69) is 58.1 Å². The fourth-order valence-corrected chi connectivity index (χ4v) is 6.71. The lowest BCUT2D eigenvalue weighted by Gasteiger charge is -2.39. The van der Waals surface area contributed by atoms with Crippen LogP contribution in [0.5, 0.6) is 0 Å². The van der Waals surface area contributed by atoms with E-state index in [0.29, 0.717) is 11.4 Å². The monoisotopic (exact) mass is 504 g/mol. The van der Waals surface area contributed by atoms with Crippen LogP contribution < -0.4 is 0 Å². The molecule has 0 aliphatic carbocycles. The van der Waals surface area contributed by atoms with Crippen molar-refractivity contribution in [3.63, 3.8) is 0 Å². The highest BCUT2D eigenvalue weighted by Gasteiger charge is 2.40. The van der Waals surface area contributed by atoms with E-state index in [1.54, 1.807) is 0 Å². The molecule has 0 aliphatic rings. The Morgan fingerprint density at radius 2 is 1.44 bits per heavy atom. The molecule has 5 heteroatoms. The molecule has 0 heterocycles. The van der Waals surface area contributed by atoms with Crippen LogP contribution in [0, 0.1) is 0 Å². The van der Waals surface area contributed by atoms with Crippen molar-refractivity contribution in [2.75, 3.05) is 19.8 Å². The molecule has 2 aromatic rings. The normalized spacial score (nSPS) is 14.2. The lowest BCUT2D eigenvalue weighted by Crippen LogP contribution is -2.42. The topological polar surface area (TPSA) is 49.7 Å². The van der Waals surface area contributed by atoms with Gasteiger partial charge in [-0.3, -0.25) is 0 Å². The summed E-state index contributed by atoms with van der Waals surface area (Å²) < 4.78 is 6.45. The first-order valence-electron chi connectivity index (χ1n) is 12.8. The maximum atomic E-state index is 10.2. The standard InChI is InChI=1S/C29H45ClO3Si/c1-6-18-28(2,3)34(4,5)33-22-17-25-11-9-24(10-12-25)8-7-19-29(23-32,20-21-31)26-13-15-27(30)16-14-26/h9-16,31-32H,6-8,17-23H2,1-5H3. The first-order chi connectivity index (χ1) is 16.1. The molecule has 0 radical (unpaired) electrons. The average molecular weight is 505 g/mol. The lowest BCUT2D eigenvalue weighted by atomic mass is 9.74. The molecule has 2 rings (SSSR count). The quantitative estimate of drug-likeness (QED) is 0.250. The first kappa shape index (κ1) is 29.1. The number of aliphatic hydroxyl groups excluding tert-OH is 2. The van der Waals surface area contributed by atoms with Crippen LogP contribution in [0.15, 0.2) is 48.5 Å². The lowest BCUT2D eigenvalue weighted by molar-refractivity contribution is 0.142. The molecule has 0 spiro atoms. The van der Waals surface area contributed by atoms with E-state index in [0.717, 1.165) is 37.9 Å². The minimum Gasteiger partial charge on any atom is -0.416 e. The van der Waals surface area contributed by atoms with Gasteiger partial charge in [0, 0.05) is 23.7 Å². The van der Waals surface area contributed by atoms with Gasteiger partial charge < -0.3 is 14.6 Å². The number of halogens is 1. The molecular weight excluding hydrogens is 460 g/mol.